The molecule has 2 aromatic carbocycles. The largest absolute Gasteiger partial charge is 0.573 e. The van der Waals surface area contributed by atoms with Crippen molar-refractivity contribution in [1.82, 2.24) is 9.21 Å². The maximum atomic E-state index is 13.7. The van der Waals surface area contributed by atoms with Crippen molar-refractivity contribution in [3.05, 3.63) is 59.2 Å². The van der Waals surface area contributed by atoms with Crippen molar-refractivity contribution in [2.24, 2.45) is 5.92 Å². The van der Waals surface area contributed by atoms with Gasteiger partial charge in [-0.15, -0.1) is 13.2 Å². The third-order valence-corrected chi connectivity index (χ3v) is 8.74. The predicted molar refractivity (Wildman–Crippen MR) is 121 cm³/mol. The zero-order valence-corrected chi connectivity index (χ0v) is 20.1. The SMILES string of the molecule is C[C@@H]1CN(Cc2ccc(OC(F)(F)F)cc2)C[C@H](C)N1S(=O)(=O)c1cccc2c1CC(C(=O)O)C2. The second-order valence-corrected chi connectivity index (χ2v) is 11.1. The van der Waals surface area contributed by atoms with E-state index in [1.54, 1.807) is 30.3 Å². The smallest absolute Gasteiger partial charge is 0.481 e. The van der Waals surface area contributed by atoms with E-state index in [4.69, 9.17) is 0 Å². The first kappa shape index (κ1) is 25.5. The van der Waals surface area contributed by atoms with Gasteiger partial charge in [-0.2, -0.15) is 4.31 Å². The molecule has 190 valence electrons. The van der Waals surface area contributed by atoms with Gasteiger partial charge in [-0.05, 0) is 61.6 Å². The molecule has 1 heterocycles. The van der Waals surface area contributed by atoms with E-state index in [0.717, 1.165) is 11.1 Å². The average molecular weight is 513 g/mol. The number of piperazine rings is 1. The van der Waals surface area contributed by atoms with Gasteiger partial charge in [-0.3, -0.25) is 9.69 Å². The number of nitrogens with zero attached hydrogens (tertiary/aromatic N) is 2. The lowest BCUT2D eigenvalue weighted by molar-refractivity contribution is -0.274. The van der Waals surface area contributed by atoms with Crippen LogP contribution in [-0.2, 0) is 34.2 Å². The Bertz CT molecular complexity index is 1190. The molecule has 0 amide bonds. The van der Waals surface area contributed by atoms with E-state index in [2.05, 4.69) is 9.64 Å². The number of fused-ring (bicyclic) bond motifs is 1. The van der Waals surface area contributed by atoms with Crippen LogP contribution in [0.4, 0.5) is 13.2 Å². The fourth-order valence-electron chi connectivity index (χ4n) is 5.22. The van der Waals surface area contributed by atoms with Crippen molar-refractivity contribution < 1.29 is 36.2 Å². The van der Waals surface area contributed by atoms with Gasteiger partial charge in [-0.25, -0.2) is 8.42 Å². The van der Waals surface area contributed by atoms with Gasteiger partial charge in [0.15, 0.2) is 0 Å². The number of rotatable bonds is 6. The van der Waals surface area contributed by atoms with Gasteiger partial charge in [0.2, 0.25) is 10.0 Å². The number of hydrogen-bond acceptors (Lipinski definition) is 5. The topological polar surface area (TPSA) is 87.2 Å². The van der Waals surface area contributed by atoms with E-state index in [-0.39, 0.29) is 29.1 Å². The van der Waals surface area contributed by atoms with Crippen molar-refractivity contribution in [3.8, 4) is 5.75 Å². The lowest BCUT2D eigenvalue weighted by Crippen LogP contribution is -2.58. The van der Waals surface area contributed by atoms with Crippen LogP contribution < -0.4 is 4.74 Å². The van der Waals surface area contributed by atoms with Crippen LogP contribution in [0, 0.1) is 5.92 Å². The molecule has 0 spiro atoms. The monoisotopic (exact) mass is 512 g/mol. The predicted octanol–water partition coefficient (Wildman–Crippen LogP) is 3.67. The molecule has 3 atom stereocenters. The van der Waals surface area contributed by atoms with E-state index in [1.165, 1.54) is 16.4 Å². The third-order valence-electron chi connectivity index (χ3n) is 6.53. The fourth-order valence-corrected chi connectivity index (χ4v) is 7.31. The minimum atomic E-state index is -4.75. The molecule has 7 nitrogen and oxygen atoms in total. The molecule has 2 aromatic rings. The summed E-state index contributed by atoms with van der Waals surface area (Å²) in [5.41, 5.74) is 2.13. The summed E-state index contributed by atoms with van der Waals surface area (Å²) in [5.74, 6) is -1.85. The number of alkyl halides is 3. The Morgan fingerprint density at radius 1 is 1.06 bits per heavy atom. The molecule has 11 heteroatoms. The minimum absolute atomic E-state index is 0.172. The van der Waals surface area contributed by atoms with Crippen LogP contribution in [0.1, 0.15) is 30.5 Å². The Balaban J connectivity index is 1.48. The Labute approximate surface area is 202 Å². The summed E-state index contributed by atoms with van der Waals surface area (Å²) >= 11 is 0. The molecule has 35 heavy (non-hydrogen) atoms. The van der Waals surface area contributed by atoms with E-state index in [0.29, 0.717) is 31.6 Å². The van der Waals surface area contributed by atoms with Gasteiger partial charge in [0, 0.05) is 31.7 Å². The second kappa shape index (κ2) is 9.44. The number of benzene rings is 2. The second-order valence-electron chi connectivity index (χ2n) is 9.26. The summed E-state index contributed by atoms with van der Waals surface area (Å²) in [6.45, 7) is 4.98. The van der Waals surface area contributed by atoms with Crippen molar-refractivity contribution >= 4 is 16.0 Å². The van der Waals surface area contributed by atoms with Gasteiger partial charge in [-0.1, -0.05) is 24.3 Å². The number of ether oxygens (including phenoxy) is 1. The van der Waals surface area contributed by atoms with Crippen LogP contribution in [-0.4, -0.2) is 60.2 Å². The number of carboxylic acid groups (broad SMARTS) is 1. The summed E-state index contributed by atoms with van der Waals surface area (Å²) in [6, 6.07) is 9.92. The number of hydrogen-bond donors (Lipinski definition) is 1. The van der Waals surface area contributed by atoms with Gasteiger partial charge in [0.25, 0.3) is 0 Å². The summed E-state index contributed by atoms with van der Waals surface area (Å²) in [5, 5.41) is 9.40. The molecule has 0 bridgehead atoms. The zero-order chi connectivity index (χ0) is 25.5. The summed E-state index contributed by atoms with van der Waals surface area (Å²) in [7, 11) is -3.86. The molecular weight excluding hydrogens is 485 g/mol. The summed E-state index contributed by atoms with van der Waals surface area (Å²) in [4.78, 5) is 13.7. The van der Waals surface area contributed by atoms with Crippen molar-refractivity contribution in [2.45, 2.75) is 56.6 Å². The first-order valence-electron chi connectivity index (χ1n) is 11.3. The standard InChI is InChI=1S/C24H27F3N2O5S/c1-15-12-28(14-17-6-8-20(9-7-17)34-24(25,26)27)13-16(2)29(15)35(32,33)22-5-3-4-18-10-19(23(30)31)11-21(18)22/h3-9,15-16,19H,10-14H2,1-2H3,(H,30,31)/t15-,16+,19?. The molecule has 0 radical (unpaired) electrons. The lowest BCUT2D eigenvalue weighted by atomic mass is 10.1. The molecule has 1 saturated heterocycles. The van der Waals surface area contributed by atoms with Gasteiger partial charge in [0.1, 0.15) is 5.75 Å². The molecule has 4 rings (SSSR count). The lowest BCUT2D eigenvalue weighted by Gasteiger charge is -2.43. The number of halogens is 3. The number of sulfonamides is 1. The highest BCUT2D eigenvalue weighted by Crippen LogP contribution is 2.35. The molecule has 1 aliphatic heterocycles. The van der Waals surface area contributed by atoms with Crippen LogP contribution in [0.3, 0.4) is 0 Å². The quantitative estimate of drug-likeness (QED) is 0.636. The highest BCUT2D eigenvalue weighted by atomic mass is 32.2. The van der Waals surface area contributed by atoms with Crippen LogP contribution in [0.15, 0.2) is 47.4 Å². The zero-order valence-electron chi connectivity index (χ0n) is 19.3. The molecule has 1 unspecified atom stereocenters. The van der Waals surface area contributed by atoms with E-state index in [9.17, 15) is 31.5 Å². The minimum Gasteiger partial charge on any atom is -0.481 e. The Morgan fingerprint density at radius 2 is 1.69 bits per heavy atom. The normalized spacial score (nSPS) is 23.7. The Hall–Kier alpha value is -2.63. The van der Waals surface area contributed by atoms with Crippen LogP contribution in [0.5, 0.6) is 5.75 Å². The first-order valence-corrected chi connectivity index (χ1v) is 12.7. The summed E-state index contributed by atoms with van der Waals surface area (Å²) < 4.78 is 70.0. The van der Waals surface area contributed by atoms with Crippen molar-refractivity contribution in [1.29, 1.82) is 0 Å². The maximum absolute atomic E-state index is 13.7. The van der Waals surface area contributed by atoms with E-state index in [1.807, 2.05) is 13.8 Å². The molecule has 0 aromatic heterocycles. The number of carbonyl (C=O) groups is 1. The maximum Gasteiger partial charge on any atom is 0.573 e. The molecule has 1 fully saturated rings. The van der Waals surface area contributed by atoms with Crippen molar-refractivity contribution in [3.63, 3.8) is 0 Å². The van der Waals surface area contributed by atoms with Crippen LogP contribution >= 0.6 is 0 Å². The highest BCUT2D eigenvalue weighted by molar-refractivity contribution is 7.89. The Kier molecular flexibility index (Phi) is 6.87. The van der Waals surface area contributed by atoms with E-state index >= 15 is 0 Å². The van der Waals surface area contributed by atoms with Crippen LogP contribution in [0.2, 0.25) is 0 Å². The molecular formula is C24H27F3N2O5S. The van der Waals surface area contributed by atoms with E-state index < -0.39 is 28.3 Å². The molecule has 0 saturated carbocycles. The fraction of sp³-hybridized carbons (Fsp3) is 0.458. The van der Waals surface area contributed by atoms with Crippen molar-refractivity contribution in [2.75, 3.05) is 13.1 Å². The molecule has 1 N–H and O–H groups in total. The number of aliphatic carboxylic acids is 1. The third kappa shape index (κ3) is 5.46. The van der Waals surface area contributed by atoms with Gasteiger partial charge < -0.3 is 9.84 Å². The molecule has 2 aliphatic rings. The summed E-state index contributed by atoms with van der Waals surface area (Å²) in [6.07, 6.45) is -4.24. The molecule has 1 aliphatic carbocycles. The average Bonchev–Trinajstić information content (AvgIpc) is 3.18. The highest BCUT2D eigenvalue weighted by Gasteiger charge is 2.41. The Morgan fingerprint density at radius 3 is 2.26 bits per heavy atom. The van der Waals surface area contributed by atoms with Gasteiger partial charge >= 0.3 is 12.3 Å². The number of carboxylic acids is 1. The first-order chi connectivity index (χ1) is 16.3. The van der Waals surface area contributed by atoms with Gasteiger partial charge in [0.05, 0.1) is 10.8 Å². The van der Waals surface area contributed by atoms with Crippen LogP contribution in [0.25, 0.3) is 0 Å².